The molecule has 0 aliphatic carbocycles. The number of carbonyl (C=O) groups excluding carboxylic acids is 1. The highest BCUT2D eigenvalue weighted by molar-refractivity contribution is 5.84. The maximum atomic E-state index is 11.7. The van der Waals surface area contributed by atoms with Crippen LogP contribution < -0.4 is 5.32 Å². The van der Waals surface area contributed by atoms with Crippen molar-refractivity contribution in [3.05, 3.63) is 0 Å². The molecule has 1 aliphatic heterocycles. The summed E-state index contributed by atoms with van der Waals surface area (Å²) in [7, 11) is 5.49. The lowest BCUT2D eigenvalue weighted by Gasteiger charge is -2.26. The fourth-order valence-electron chi connectivity index (χ4n) is 2.02. The van der Waals surface area contributed by atoms with E-state index in [-0.39, 0.29) is 18.5 Å². The van der Waals surface area contributed by atoms with Crippen molar-refractivity contribution in [3.63, 3.8) is 0 Å². The van der Waals surface area contributed by atoms with Crippen molar-refractivity contribution in [1.82, 2.24) is 15.1 Å². The number of hydrogen-bond donors (Lipinski definition) is 1. The molecule has 1 unspecified atom stereocenters. The Hall–Kier alpha value is -1.30. The molecule has 1 atom stereocenters. The van der Waals surface area contributed by atoms with E-state index in [1.54, 1.807) is 19.0 Å². The van der Waals surface area contributed by atoms with Crippen molar-refractivity contribution >= 4 is 11.9 Å². The molecule has 1 heterocycles. The van der Waals surface area contributed by atoms with Crippen molar-refractivity contribution in [2.45, 2.75) is 26.3 Å². The van der Waals surface area contributed by atoms with Crippen LogP contribution in [0.15, 0.2) is 4.99 Å². The predicted octanol–water partition coefficient (Wildman–Crippen LogP) is 0.397. The Morgan fingerprint density at radius 2 is 2.10 bits per heavy atom. The average Bonchev–Trinajstić information content (AvgIpc) is 2.86. The topological polar surface area (TPSA) is 57.2 Å². The van der Waals surface area contributed by atoms with Crippen molar-refractivity contribution in [3.8, 4) is 0 Å². The summed E-state index contributed by atoms with van der Waals surface area (Å²) in [5.41, 5.74) is 0. The molecule has 0 aromatic heterocycles. The first-order valence-electron chi connectivity index (χ1n) is 7.20. The minimum Gasteiger partial charge on any atom is -0.381 e. The lowest BCUT2D eigenvalue weighted by molar-refractivity contribution is -0.127. The number of amides is 1. The molecule has 1 rings (SSSR count). The molecular formula is C14H28N4O2. The maximum absolute atomic E-state index is 11.7. The van der Waals surface area contributed by atoms with E-state index in [1.807, 2.05) is 7.05 Å². The first-order chi connectivity index (χ1) is 9.40. The van der Waals surface area contributed by atoms with E-state index in [9.17, 15) is 4.79 Å². The van der Waals surface area contributed by atoms with Crippen molar-refractivity contribution in [1.29, 1.82) is 0 Å². The summed E-state index contributed by atoms with van der Waals surface area (Å²) in [5, 5.41) is 3.31. The van der Waals surface area contributed by atoms with Crippen LogP contribution in [0.5, 0.6) is 0 Å². The number of ether oxygens (including phenoxy) is 1. The number of rotatable bonds is 5. The molecule has 6 nitrogen and oxygen atoms in total. The van der Waals surface area contributed by atoms with Gasteiger partial charge in [-0.25, -0.2) is 4.99 Å². The standard InChI is InChI=1S/C14H28N4O2/c1-11(2)16-14(15-8-13(19)17(3)4)18(5)9-12-6-7-20-10-12/h11-12H,6-10H2,1-5H3,(H,15,16). The van der Waals surface area contributed by atoms with Crippen LogP contribution in [0.3, 0.4) is 0 Å². The van der Waals surface area contributed by atoms with Crippen LogP contribution in [-0.2, 0) is 9.53 Å². The third-order valence-corrected chi connectivity index (χ3v) is 3.20. The van der Waals surface area contributed by atoms with Crippen LogP contribution in [0.25, 0.3) is 0 Å². The maximum Gasteiger partial charge on any atom is 0.243 e. The van der Waals surface area contributed by atoms with Crippen molar-refractivity contribution < 1.29 is 9.53 Å². The number of guanidine groups is 1. The molecule has 116 valence electrons. The molecule has 0 radical (unpaired) electrons. The molecule has 1 amide bonds. The van der Waals surface area contributed by atoms with E-state index < -0.39 is 0 Å². The highest BCUT2D eigenvalue weighted by atomic mass is 16.5. The van der Waals surface area contributed by atoms with Crippen molar-refractivity contribution in [2.75, 3.05) is 47.4 Å². The van der Waals surface area contributed by atoms with Crippen molar-refractivity contribution in [2.24, 2.45) is 10.9 Å². The number of hydrogen-bond acceptors (Lipinski definition) is 3. The van der Waals surface area contributed by atoms with Gasteiger partial charge < -0.3 is 19.9 Å². The van der Waals surface area contributed by atoms with Crippen LogP contribution in [0.1, 0.15) is 20.3 Å². The zero-order valence-corrected chi connectivity index (χ0v) is 13.3. The molecule has 0 aromatic carbocycles. The molecule has 0 bridgehead atoms. The van der Waals surface area contributed by atoms with Gasteiger partial charge in [0.15, 0.2) is 5.96 Å². The van der Waals surface area contributed by atoms with Gasteiger partial charge in [-0.3, -0.25) is 4.79 Å². The molecule has 0 aromatic rings. The molecule has 0 saturated carbocycles. The third kappa shape index (κ3) is 5.77. The Morgan fingerprint density at radius 3 is 2.60 bits per heavy atom. The Morgan fingerprint density at radius 1 is 1.40 bits per heavy atom. The largest absolute Gasteiger partial charge is 0.381 e. The summed E-state index contributed by atoms with van der Waals surface area (Å²) in [6, 6.07) is 0.283. The van der Waals surface area contributed by atoms with Gasteiger partial charge in [0.25, 0.3) is 0 Å². The molecular weight excluding hydrogens is 256 g/mol. The van der Waals surface area contributed by atoms with Gasteiger partial charge in [-0.2, -0.15) is 0 Å². The van der Waals surface area contributed by atoms with E-state index in [0.29, 0.717) is 5.92 Å². The van der Waals surface area contributed by atoms with Crippen LogP contribution in [-0.4, -0.2) is 75.2 Å². The molecule has 1 aliphatic rings. The van der Waals surface area contributed by atoms with Gasteiger partial charge >= 0.3 is 0 Å². The van der Waals surface area contributed by atoms with Crippen LogP contribution >= 0.6 is 0 Å². The second-order valence-corrected chi connectivity index (χ2v) is 5.84. The van der Waals surface area contributed by atoms with Crippen LogP contribution in [0.4, 0.5) is 0 Å². The smallest absolute Gasteiger partial charge is 0.243 e. The summed E-state index contributed by atoms with van der Waals surface area (Å²) >= 11 is 0. The van der Waals surface area contributed by atoms with Gasteiger partial charge in [0.1, 0.15) is 6.54 Å². The number of nitrogens with one attached hydrogen (secondary N) is 1. The Labute approximate surface area is 122 Å². The second-order valence-electron chi connectivity index (χ2n) is 5.84. The quantitative estimate of drug-likeness (QED) is 0.586. The molecule has 6 heteroatoms. The van der Waals surface area contributed by atoms with E-state index in [2.05, 4.69) is 29.1 Å². The number of carbonyl (C=O) groups is 1. The lowest BCUT2D eigenvalue weighted by atomic mass is 10.1. The van der Waals surface area contributed by atoms with Gasteiger partial charge in [-0.1, -0.05) is 0 Å². The molecule has 1 N–H and O–H groups in total. The average molecular weight is 284 g/mol. The summed E-state index contributed by atoms with van der Waals surface area (Å²) in [4.78, 5) is 19.7. The van der Waals surface area contributed by atoms with Gasteiger partial charge in [0.2, 0.25) is 5.91 Å². The van der Waals surface area contributed by atoms with E-state index in [4.69, 9.17) is 4.74 Å². The van der Waals surface area contributed by atoms with Gasteiger partial charge in [0.05, 0.1) is 6.61 Å². The molecule has 20 heavy (non-hydrogen) atoms. The van der Waals surface area contributed by atoms with Crippen LogP contribution in [0.2, 0.25) is 0 Å². The van der Waals surface area contributed by atoms with E-state index >= 15 is 0 Å². The fraction of sp³-hybridized carbons (Fsp3) is 0.857. The minimum atomic E-state index is 0.00524. The summed E-state index contributed by atoms with van der Waals surface area (Å²) < 4.78 is 5.40. The van der Waals surface area contributed by atoms with Gasteiger partial charge in [-0.15, -0.1) is 0 Å². The van der Waals surface area contributed by atoms with Crippen LogP contribution in [0, 0.1) is 5.92 Å². The van der Waals surface area contributed by atoms with Gasteiger partial charge in [0, 0.05) is 46.3 Å². The summed E-state index contributed by atoms with van der Waals surface area (Å²) in [6.07, 6.45) is 1.09. The number of aliphatic imine (C=N–C) groups is 1. The van der Waals surface area contributed by atoms with Gasteiger partial charge in [-0.05, 0) is 20.3 Å². The Kier molecular flexibility index (Phi) is 6.78. The third-order valence-electron chi connectivity index (χ3n) is 3.20. The first-order valence-corrected chi connectivity index (χ1v) is 7.20. The number of likely N-dealkylation sites (N-methyl/N-ethyl adjacent to an activating group) is 1. The highest BCUT2D eigenvalue weighted by Crippen LogP contribution is 2.13. The fourth-order valence-corrected chi connectivity index (χ4v) is 2.02. The van der Waals surface area contributed by atoms with E-state index in [1.165, 1.54) is 0 Å². The molecule has 0 spiro atoms. The van der Waals surface area contributed by atoms with E-state index in [0.717, 1.165) is 32.1 Å². The second kappa shape index (κ2) is 8.09. The minimum absolute atomic E-state index is 0.00524. The summed E-state index contributed by atoms with van der Waals surface area (Å²) in [5.74, 6) is 1.33. The normalized spacial score (nSPS) is 19.3. The monoisotopic (exact) mass is 284 g/mol. The first kappa shape index (κ1) is 16.8. The number of nitrogens with zero attached hydrogens (tertiary/aromatic N) is 3. The highest BCUT2D eigenvalue weighted by Gasteiger charge is 2.19. The molecule has 1 saturated heterocycles. The Balaban J connectivity index is 2.61. The summed E-state index contributed by atoms with van der Waals surface area (Å²) in [6.45, 7) is 6.87. The lowest BCUT2D eigenvalue weighted by Crippen LogP contribution is -2.44. The molecule has 1 fully saturated rings. The zero-order valence-electron chi connectivity index (χ0n) is 13.3. The predicted molar refractivity (Wildman–Crippen MR) is 80.8 cm³/mol. The SMILES string of the molecule is CC(C)NC(=NCC(=O)N(C)C)N(C)CC1CCOC1. The zero-order chi connectivity index (χ0) is 15.1. The Bertz CT molecular complexity index is 336.